The number of piperazine rings is 1. The average Bonchev–Trinajstić information content (AvgIpc) is 2.94. The quantitative estimate of drug-likeness (QED) is 0.384. The molecule has 4 rings (SSSR count). The summed E-state index contributed by atoms with van der Waals surface area (Å²) in [4.78, 5) is 17.6. The summed E-state index contributed by atoms with van der Waals surface area (Å²) in [6.45, 7) is 4.64. The molecule has 10 heteroatoms. The summed E-state index contributed by atoms with van der Waals surface area (Å²) in [5, 5.41) is 6.76. The van der Waals surface area contributed by atoms with E-state index < -0.39 is 5.91 Å². The molecule has 1 saturated heterocycles. The first-order chi connectivity index (χ1) is 18.4. The molecule has 200 valence electrons. The van der Waals surface area contributed by atoms with Crippen LogP contribution in [0.1, 0.15) is 15.9 Å². The van der Waals surface area contributed by atoms with Gasteiger partial charge in [0.05, 0.1) is 21.3 Å². The number of halogens is 1. The first-order valence-electron chi connectivity index (χ1n) is 12.1. The van der Waals surface area contributed by atoms with Crippen molar-refractivity contribution in [1.82, 2.24) is 10.2 Å². The smallest absolute Gasteiger partial charge is 0.257 e. The van der Waals surface area contributed by atoms with Crippen LogP contribution in [0.15, 0.2) is 60.7 Å². The van der Waals surface area contributed by atoms with E-state index >= 15 is 0 Å². The van der Waals surface area contributed by atoms with Crippen LogP contribution < -0.4 is 29.7 Å². The molecule has 1 aliphatic heterocycles. The van der Waals surface area contributed by atoms with Crippen LogP contribution in [-0.2, 0) is 6.54 Å². The van der Waals surface area contributed by atoms with E-state index in [9.17, 15) is 4.79 Å². The van der Waals surface area contributed by atoms with Gasteiger partial charge in [0.1, 0.15) is 0 Å². The van der Waals surface area contributed by atoms with Gasteiger partial charge >= 0.3 is 0 Å². The minimum Gasteiger partial charge on any atom is -0.493 e. The number of methoxy groups -OCH3 is 3. The van der Waals surface area contributed by atoms with Crippen molar-refractivity contribution in [3.63, 3.8) is 0 Å². The van der Waals surface area contributed by atoms with Crippen molar-refractivity contribution in [3.05, 3.63) is 76.8 Å². The average molecular weight is 555 g/mol. The van der Waals surface area contributed by atoms with Crippen molar-refractivity contribution in [2.75, 3.05) is 57.7 Å². The highest BCUT2D eigenvalue weighted by atomic mass is 35.5. The molecule has 1 fully saturated rings. The number of nitrogens with one attached hydrogen (secondary N) is 2. The maximum Gasteiger partial charge on any atom is 0.257 e. The Hall–Kier alpha value is -3.53. The second-order valence-electron chi connectivity index (χ2n) is 8.72. The molecule has 0 bridgehead atoms. The lowest BCUT2D eigenvalue weighted by molar-refractivity contribution is 0.0977. The maximum absolute atomic E-state index is 12.8. The predicted octanol–water partition coefficient (Wildman–Crippen LogP) is 4.81. The van der Waals surface area contributed by atoms with Crippen molar-refractivity contribution in [1.29, 1.82) is 0 Å². The Balaban J connectivity index is 1.30. The number of nitrogens with zero attached hydrogens (tertiary/aromatic N) is 2. The molecule has 0 aromatic heterocycles. The van der Waals surface area contributed by atoms with Crippen molar-refractivity contribution < 1.29 is 19.0 Å². The highest BCUT2D eigenvalue weighted by Crippen LogP contribution is 2.38. The van der Waals surface area contributed by atoms with Gasteiger partial charge in [0, 0.05) is 54.7 Å². The SMILES string of the molecule is COc1cc(C(=O)NC(=S)Nc2ccc(N3CCN(Cc4ccccc4Cl)CC3)cc2)cc(OC)c1OC. The summed E-state index contributed by atoms with van der Waals surface area (Å²) >= 11 is 11.7. The van der Waals surface area contributed by atoms with E-state index in [0.717, 1.165) is 54.7 Å². The fraction of sp³-hybridized carbons (Fsp3) is 0.286. The zero-order chi connectivity index (χ0) is 27.1. The van der Waals surface area contributed by atoms with Crippen LogP contribution >= 0.6 is 23.8 Å². The van der Waals surface area contributed by atoms with E-state index in [2.05, 4.69) is 38.6 Å². The van der Waals surface area contributed by atoms with Gasteiger partial charge in [-0.3, -0.25) is 15.0 Å². The third-order valence-electron chi connectivity index (χ3n) is 6.37. The van der Waals surface area contributed by atoms with Gasteiger partial charge in [-0.2, -0.15) is 0 Å². The molecular weight excluding hydrogens is 524 g/mol. The number of thiocarbonyl (C=S) groups is 1. The second kappa shape index (κ2) is 12.8. The van der Waals surface area contributed by atoms with E-state index in [0.29, 0.717) is 22.8 Å². The highest BCUT2D eigenvalue weighted by molar-refractivity contribution is 7.80. The molecule has 1 heterocycles. The van der Waals surface area contributed by atoms with Crippen LogP contribution in [0.4, 0.5) is 11.4 Å². The number of hydrogen-bond donors (Lipinski definition) is 2. The molecule has 0 atom stereocenters. The number of anilines is 2. The van der Waals surface area contributed by atoms with Crippen LogP contribution in [0.25, 0.3) is 0 Å². The minimum absolute atomic E-state index is 0.185. The number of hydrogen-bond acceptors (Lipinski definition) is 7. The fourth-order valence-corrected chi connectivity index (χ4v) is 4.74. The maximum atomic E-state index is 12.8. The Kier molecular flexibility index (Phi) is 9.28. The first kappa shape index (κ1) is 27.5. The lowest BCUT2D eigenvalue weighted by Crippen LogP contribution is -2.46. The predicted molar refractivity (Wildman–Crippen MR) is 155 cm³/mol. The van der Waals surface area contributed by atoms with E-state index in [-0.39, 0.29) is 5.11 Å². The molecule has 0 aliphatic carbocycles. The zero-order valence-electron chi connectivity index (χ0n) is 21.6. The Morgan fingerprint density at radius 1 is 0.921 bits per heavy atom. The van der Waals surface area contributed by atoms with Gasteiger partial charge in [-0.05, 0) is 60.2 Å². The van der Waals surface area contributed by atoms with Gasteiger partial charge in [-0.1, -0.05) is 29.8 Å². The van der Waals surface area contributed by atoms with Crippen LogP contribution in [0.2, 0.25) is 5.02 Å². The number of benzene rings is 3. The minimum atomic E-state index is -0.395. The van der Waals surface area contributed by atoms with Crippen LogP contribution in [0.5, 0.6) is 17.2 Å². The molecular formula is C28H31ClN4O4S. The summed E-state index contributed by atoms with van der Waals surface area (Å²) in [7, 11) is 4.50. The molecule has 0 radical (unpaired) electrons. The van der Waals surface area contributed by atoms with E-state index in [1.54, 1.807) is 12.1 Å². The largest absolute Gasteiger partial charge is 0.493 e. The monoisotopic (exact) mass is 554 g/mol. The summed E-state index contributed by atoms with van der Waals surface area (Å²) in [5.41, 5.74) is 3.40. The van der Waals surface area contributed by atoms with Crippen LogP contribution in [-0.4, -0.2) is 63.4 Å². The number of ether oxygens (including phenoxy) is 3. The molecule has 3 aromatic rings. The van der Waals surface area contributed by atoms with Gasteiger partial charge < -0.3 is 24.4 Å². The topological polar surface area (TPSA) is 75.3 Å². The molecule has 0 unspecified atom stereocenters. The second-order valence-corrected chi connectivity index (χ2v) is 9.54. The van der Waals surface area contributed by atoms with Crippen LogP contribution in [0.3, 0.4) is 0 Å². The summed E-state index contributed by atoms with van der Waals surface area (Å²) < 4.78 is 16.0. The molecule has 2 N–H and O–H groups in total. The Morgan fingerprint density at radius 3 is 2.13 bits per heavy atom. The third-order valence-corrected chi connectivity index (χ3v) is 6.94. The fourth-order valence-electron chi connectivity index (χ4n) is 4.34. The Morgan fingerprint density at radius 2 is 1.55 bits per heavy atom. The number of carbonyl (C=O) groups excluding carboxylic acids is 1. The van der Waals surface area contributed by atoms with Crippen LogP contribution in [0, 0.1) is 0 Å². The number of rotatable bonds is 8. The van der Waals surface area contributed by atoms with Crippen molar-refractivity contribution in [2.45, 2.75) is 6.54 Å². The van der Waals surface area contributed by atoms with Crippen molar-refractivity contribution >= 4 is 46.2 Å². The molecule has 8 nitrogen and oxygen atoms in total. The first-order valence-corrected chi connectivity index (χ1v) is 12.9. The van der Waals surface area contributed by atoms with Gasteiger partial charge in [-0.15, -0.1) is 0 Å². The van der Waals surface area contributed by atoms with E-state index in [1.165, 1.54) is 21.3 Å². The molecule has 0 saturated carbocycles. The normalized spacial score (nSPS) is 13.5. The molecule has 1 aliphatic rings. The Bertz CT molecular complexity index is 1260. The van der Waals surface area contributed by atoms with Gasteiger partial charge in [-0.25, -0.2) is 0 Å². The summed E-state index contributed by atoms with van der Waals surface area (Å²) in [6, 6.07) is 19.1. The molecule has 0 spiro atoms. The molecule has 38 heavy (non-hydrogen) atoms. The van der Waals surface area contributed by atoms with E-state index in [4.69, 9.17) is 38.0 Å². The molecule has 3 aromatic carbocycles. The van der Waals surface area contributed by atoms with Crippen molar-refractivity contribution in [2.24, 2.45) is 0 Å². The summed E-state index contributed by atoms with van der Waals surface area (Å²) in [5.74, 6) is 0.787. The molecule has 1 amide bonds. The number of carbonyl (C=O) groups is 1. The lowest BCUT2D eigenvalue weighted by Gasteiger charge is -2.36. The Labute approximate surface area is 233 Å². The standard InChI is InChI=1S/C28H31ClN4O4S/c1-35-24-16-20(17-25(36-2)26(24)37-3)27(34)31-28(38)30-21-8-10-22(11-9-21)33-14-12-32(13-15-33)18-19-6-4-5-7-23(19)29/h4-11,16-17H,12-15,18H2,1-3H3,(H2,30,31,34,38). The highest BCUT2D eigenvalue weighted by Gasteiger charge is 2.19. The van der Waals surface area contributed by atoms with E-state index in [1.807, 2.05) is 30.3 Å². The summed E-state index contributed by atoms with van der Waals surface area (Å²) in [6.07, 6.45) is 0. The van der Waals surface area contributed by atoms with Crippen molar-refractivity contribution in [3.8, 4) is 17.2 Å². The number of amides is 1. The lowest BCUT2D eigenvalue weighted by atomic mass is 10.1. The zero-order valence-corrected chi connectivity index (χ0v) is 23.2. The van der Waals surface area contributed by atoms with Gasteiger partial charge in [0.15, 0.2) is 16.6 Å². The third kappa shape index (κ3) is 6.66. The van der Waals surface area contributed by atoms with Gasteiger partial charge in [0.25, 0.3) is 5.91 Å². The van der Waals surface area contributed by atoms with Gasteiger partial charge in [0.2, 0.25) is 5.75 Å².